The van der Waals surface area contributed by atoms with Crippen molar-refractivity contribution in [1.29, 1.82) is 0 Å². The van der Waals surface area contributed by atoms with Gasteiger partial charge in [-0.25, -0.2) is 0 Å². The fourth-order valence-corrected chi connectivity index (χ4v) is 9.35. The molecule has 372 valence electrons. The summed E-state index contributed by atoms with van der Waals surface area (Å²) in [6.45, 7) is 4.10. The molecule has 5 N–H and O–H groups in total. The molecule has 0 heterocycles. The van der Waals surface area contributed by atoms with Crippen LogP contribution < -0.4 is 5.32 Å². The van der Waals surface area contributed by atoms with Gasteiger partial charge in [-0.15, -0.1) is 0 Å². The first-order chi connectivity index (χ1) is 30.5. The molecule has 0 aliphatic carbocycles. The maximum Gasteiger partial charge on any atom is 0.249 e. The maximum absolute atomic E-state index is 12.6. The molecule has 0 bridgehead atoms. The molecular formula is C56H113NO5. The third-order valence-electron chi connectivity index (χ3n) is 13.8. The maximum atomic E-state index is 12.6. The number of unbranched alkanes of at least 4 members (excludes halogenated alkanes) is 44. The van der Waals surface area contributed by atoms with Gasteiger partial charge in [-0.2, -0.15) is 0 Å². The Labute approximate surface area is 388 Å². The summed E-state index contributed by atoms with van der Waals surface area (Å²) in [5.41, 5.74) is 0. The smallest absolute Gasteiger partial charge is 0.249 e. The number of rotatable bonds is 53. The zero-order valence-electron chi connectivity index (χ0n) is 42.2. The average molecular weight is 881 g/mol. The number of carbonyl (C=O) groups is 1. The minimum atomic E-state index is -1.25. The molecule has 4 atom stereocenters. The molecule has 0 aromatic carbocycles. The van der Waals surface area contributed by atoms with Crippen LogP contribution >= 0.6 is 0 Å². The standard InChI is InChI=1S/C56H113NO5/c1-3-5-7-9-11-13-15-17-19-21-23-25-26-27-28-30-31-33-35-37-39-41-43-45-47-49-53(59)55(61)52(51-58)57-56(62)54(60)50-48-46-44-42-40-38-36-34-32-29-24-22-20-18-16-14-12-10-8-6-4-2/h52-55,58-61H,3-51H2,1-2H3,(H,57,62). The fraction of sp³-hybridized carbons (Fsp3) is 0.982. The monoisotopic (exact) mass is 880 g/mol. The predicted molar refractivity (Wildman–Crippen MR) is 270 cm³/mol. The summed E-state index contributed by atoms with van der Waals surface area (Å²) in [6, 6.07) is -0.980. The van der Waals surface area contributed by atoms with Crippen LogP contribution in [0.1, 0.15) is 322 Å². The van der Waals surface area contributed by atoms with Crippen molar-refractivity contribution < 1.29 is 25.2 Å². The lowest BCUT2D eigenvalue weighted by Crippen LogP contribution is -2.53. The molecule has 0 rings (SSSR count). The quantitative estimate of drug-likeness (QED) is 0.0391. The molecule has 0 radical (unpaired) electrons. The Morgan fingerprint density at radius 3 is 0.774 bits per heavy atom. The van der Waals surface area contributed by atoms with Crippen molar-refractivity contribution in [3.8, 4) is 0 Å². The van der Waals surface area contributed by atoms with Crippen LogP contribution in [0.25, 0.3) is 0 Å². The molecule has 0 aromatic heterocycles. The van der Waals surface area contributed by atoms with Crippen molar-refractivity contribution in [3.63, 3.8) is 0 Å². The molecule has 0 fully saturated rings. The van der Waals surface area contributed by atoms with Gasteiger partial charge in [0, 0.05) is 0 Å². The molecular weight excluding hydrogens is 767 g/mol. The first kappa shape index (κ1) is 61.3. The minimum absolute atomic E-state index is 0.376. The van der Waals surface area contributed by atoms with Crippen LogP contribution in [0.4, 0.5) is 0 Å². The Morgan fingerprint density at radius 1 is 0.339 bits per heavy atom. The predicted octanol–water partition coefficient (Wildman–Crippen LogP) is 16.3. The van der Waals surface area contributed by atoms with Gasteiger partial charge in [0.1, 0.15) is 12.2 Å². The van der Waals surface area contributed by atoms with E-state index in [-0.39, 0.29) is 0 Å². The van der Waals surface area contributed by atoms with Crippen LogP contribution in [0, 0.1) is 0 Å². The highest BCUT2D eigenvalue weighted by molar-refractivity contribution is 5.80. The van der Waals surface area contributed by atoms with Gasteiger partial charge in [-0.1, -0.05) is 309 Å². The fourth-order valence-electron chi connectivity index (χ4n) is 9.35. The second-order valence-corrected chi connectivity index (χ2v) is 20.0. The summed E-state index contributed by atoms with van der Waals surface area (Å²) in [4.78, 5) is 12.6. The van der Waals surface area contributed by atoms with Crippen molar-refractivity contribution in [2.45, 2.75) is 346 Å². The van der Waals surface area contributed by atoms with Gasteiger partial charge in [0.05, 0.1) is 18.8 Å². The van der Waals surface area contributed by atoms with Crippen LogP contribution in [0.3, 0.4) is 0 Å². The summed E-state index contributed by atoms with van der Waals surface area (Å²) in [5.74, 6) is -0.575. The lowest BCUT2D eigenvalue weighted by molar-refractivity contribution is -0.132. The zero-order chi connectivity index (χ0) is 45.2. The highest BCUT2D eigenvalue weighted by atomic mass is 16.3. The lowest BCUT2D eigenvalue weighted by atomic mass is 9.99. The van der Waals surface area contributed by atoms with Gasteiger partial charge in [-0.05, 0) is 12.8 Å². The molecule has 0 aliphatic rings. The highest BCUT2D eigenvalue weighted by Gasteiger charge is 2.28. The van der Waals surface area contributed by atoms with Crippen LogP contribution in [0.15, 0.2) is 0 Å². The molecule has 0 saturated carbocycles. The van der Waals surface area contributed by atoms with Gasteiger partial charge in [0.25, 0.3) is 0 Å². The van der Waals surface area contributed by atoms with Crippen molar-refractivity contribution in [1.82, 2.24) is 5.32 Å². The van der Waals surface area contributed by atoms with Crippen LogP contribution in [-0.2, 0) is 4.79 Å². The summed E-state index contributed by atoms with van der Waals surface area (Å²) in [7, 11) is 0. The van der Waals surface area contributed by atoms with Crippen molar-refractivity contribution >= 4 is 5.91 Å². The van der Waals surface area contributed by atoms with Crippen LogP contribution in [0.2, 0.25) is 0 Å². The number of nitrogens with one attached hydrogen (secondary N) is 1. The van der Waals surface area contributed by atoms with Gasteiger partial charge in [0.15, 0.2) is 0 Å². The zero-order valence-corrected chi connectivity index (χ0v) is 42.2. The van der Waals surface area contributed by atoms with E-state index in [0.717, 1.165) is 38.5 Å². The Bertz CT molecular complexity index is 856. The second kappa shape index (κ2) is 51.3. The van der Waals surface area contributed by atoms with Gasteiger partial charge < -0.3 is 25.7 Å². The summed E-state index contributed by atoms with van der Waals surface area (Å²) < 4.78 is 0. The van der Waals surface area contributed by atoms with E-state index < -0.39 is 36.9 Å². The summed E-state index contributed by atoms with van der Waals surface area (Å²) in [5, 5.41) is 44.0. The number of hydrogen-bond donors (Lipinski definition) is 5. The van der Waals surface area contributed by atoms with E-state index in [2.05, 4.69) is 19.2 Å². The number of amides is 1. The lowest BCUT2D eigenvalue weighted by Gasteiger charge is -2.27. The molecule has 0 aromatic rings. The van der Waals surface area contributed by atoms with Crippen LogP contribution in [0.5, 0.6) is 0 Å². The number of hydrogen-bond acceptors (Lipinski definition) is 5. The Kier molecular flexibility index (Phi) is 50.7. The molecule has 0 aliphatic heterocycles. The second-order valence-electron chi connectivity index (χ2n) is 20.0. The molecule has 62 heavy (non-hydrogen) atoms. The Morgan fingerprint density at radius 2 is 0.548 bits per heavy atom. The average Bonchev–Trinajstić information content (AvgIpc) is 3.28. The van der Waals surface area contributed by atoms with E-state index in [1.165, 1.54) is 257 Å². The van der Waals surface area contributed by atoms with Crippen molar-refractivity contribution in [3.05, 3.63) is 0 Å². The highest BCUT2D eigenvalue weighted by Crippen LogP contribution is 2.19. The van der Waals surface area contributed by atoms with E-state index >= 15 is 0 Å². The van der Waals surface area contributed by atoms with E-state index in [1.807, 2.05) is 0 Å². The molecule has 0 spiro atoms. The largest absolute Gasteiger partial charge is 0.394 e. The number of carbonyl (C=O) groups excluding carboxylic acids is 1. The van der Waals surface area contributed by atoms with E-state index in [9.17, 15) is 25.2 Å². The Hall–Kier alpha value is -0.690. The van der Waals surface area contributed by atoms with Crippen LogP contribution in [-0.4, -0.2) is 57.3 Å². The Balaban J connectivity index is 3.58. The first-order valence-electron chi connectivity index (χ1n) is 28.4. The van der Waals surface area contributed by atoms with Crippen molar-refractivity contribution in [2.75, 3.05) is 6.61 Å². The normalized spacial score (nSPS) is 13.7. The van der Waals surface area contributed by atoms with E-state index in [4.69, 9.17) is 0 Å². The van der Waals surface area contributed by atoms with Gasteiger partial charge in [-0.3, -0.25) is 4.79 Å². The molecule has 4 unspecified atom stereocenters. The molecule has 1 amide bonds. The van der Waals surface area contributed by atoms with E-state index in [0.29, 0.717) is 12.8 Å². The van der Waals surface area contributed by atoms with Crippen molar-refractivity contribution in [2.24, 2.45) is 0 Å². The first-order valence-corrected chi connectivity index (χ1v) is 28.4. The topological polar surface area (TPSA) is 110 Å². The number of aliphatic hydroxyl groups is 4. The third-order valence-corrected chi connectivity index (χ3v) is 13.8. The summed E-state index contributed by atoms with van der Waals surface area (Å²) >= 11 is 0. The SMILES string of the molecule is CCCCCCCCCCCCCCCCCCCCCCCCCCCC(O)C(O)C(CO)NC(=O)C(O)CCCCCCCCCCCCCCCCCCCCCCC. The molecule has 6 heteroatoms. The molecule has 0 saturated heterocycles. The summed E-state index contributed by atoms with van der Waals surface area (Å²) in [6.07, 6.45) is 58.8. The third kappa shape index (κ3) is 44.5. The number of aliphatic hydroxyl groups excluding tert-OH is 4. The van der Waals surface area contributed by atoms with Gasteiger partial charge >= 0.3 is 0 Å². The minimum Gasteiger partial charge on any atom is -0.394 e. The molecule has 6 nitrogen and oxygen atoms in total. The van der Waals surface area contributed by atoms with E-state index in [1.54, 1.807) is 0 Å². The van der Waals surface area contributed by atoms with Gasteiger partial charge in [0.2, 0.25) is 5.91 Å².